The van der Waals surface area contributed by atoms with Gasteiger partial charge in [0, 0.05) is 0 Å². The first-order valence-corrected chi connectivity index (χ1v) is 5.44. The summed E-state index contributed by atoms with van der Waals surface area (Å²) in [5, 5.41) is 0.249. The van der Waals surface area contributed by atoms with Crippen molar-refractivity contribution in [2.45, 2.75) is 37.5 Å². The van der Waals surface area contributed by atoms with E-state index in [0.717, 1.165) is 23.3 Å². The summed E-state index contributed by atoms with van der Waals surface area (Å²) >= 11 is 1.73. The highest BCUT2D eigenvalue weighted by Gasteiger charge is 2.08. The second-order valence-electron chi connectivity index (χ2n) is 2.16. The summed E-state index contributed by atoms with van der Waals surface area (Å²) < 4.78 is 5.29. The molecular formula is C6H17NOSSi. The molecule has 0 saturated heterocycles. The Hall–Kier alpha value is 0.487. The van der Waals surface area contributed by atoms with Crippen LogP contribution in [0.1, 0.15) is 26.7 Å². The van der Waals surface area contributed by atoms with Crippen LogP contribution in [0.4, 0.5) is 0 Å². The van der Waals surface area contributed by atoms with Crippen molar-refractivity contribution in [2.24, 2.45) is 5.73 Å². The molecule has 2 nitrogen and oxygen atoms in total. The molecule has 0 amide bonds. The van der Waals surface area contributed by atoms with Gasteiger partial charge in [-0.3, -0.25) is 0 Å². The molecule has 0 aliphatic rings. The van der Waals surface area contributed by atoms with Crippen LogP contribution in [0.25, 0.3) is 0 Å². The zero-order valence-corrected chi connectivity index (χ0v) is 9.78. The monoisotopic (exact) mass is 179 g/mol. The van der Waals surface area contributed by atoms with Gasteiger partial charge in [0.1, 0.15) is 10.5 Å². The molecule has 0 aromatic carbocycles. The van der Waals surface area contributed by atoms with Gasteiger partial charge in [-0.1, -0.05) is 13.8 Å². The fourth-order valence-electron chi connectivity index (χ4n) is 0.610. The van der Waals surface area contributed by atoms with Crippen LogP contribution in [-0.4, -0.2) is 21.3 Å². The Morgan fingerprint density at radius 1 is 1.50 bits per heavy atom. The quantitative estimate of drug-likeness (QED) is 0.491. The summed E-state index contributed by atoms with van der Waals surface area (Å²) in [6, 6.07) is 0. The predicted octanol–water partition coefficient (Wildman–Crippen LogP) is 0.447. The average Bonchev–Trinajstić information content (AvgIpc) is 1.99. The Kier molecular flexibility index (Phi) is 6.52. The van der Waals surface area contributed by atoms with Gasteiger partial charge in [0.15, 0.2) is 0 Å². The Bertz CT molecular complexity index is 80.1. The van der Waals surface area contributed by atoms with Crippen molar-refractivity contribution >= 4 is 22.2 Å². The van der Waals surface area contributed by atoms with E-state index in [0.29, 0.717) is 5.44 Å². The van der Waals surface area contributed by atoms with E-state index in [-0.39, 0.29) is 5.37 Å². The standard InChI is InChI=1S/C6H17NOSSi/c1-3-5(7)9-6(4-2)8-10/h5-6H,3-4,7H2,1-2,10H3. The first-order chi connectivity index (χ1) is 4.74. The molecule has 0 rings (SSSR count). The molecule has 10 heavy (non-hydrogen) atoms. The maximum Gasteiger partial charge on any atom is 0.147 e. The molecular weight excluding hydrogens is 162 g/mol. The molecule has 0 bridgehead atoms. The first-order valence-electron chi connectivity index (χ1n) is 3.68. The second-order valence-corrected chi connectivity index (χ2v) is 4.03. The van der Waals surface area contributed by atoms with Crippen molar-refractivity contribution in [1.82, 2.24) is 0 Å². The Morgan fingerprint density at radius 3 is 2.40 bits per heavy atom. The van der Waals surface area contributed by atoms with Gasteiger partial charge >= 0.3 is 0 Å². The summed E-state index contributed by atoms with van der Waals surface area (Å²) in [7, 11) is 0.813. The van der Waals surface area contributed by atoms with Gasteiger partial charge < -0.3 is 10.2 Å². The summed E-state index contributed by atoms with van der Waals surface area (Å²) in [5.74, 6) is 0. The zero-order chi connectivity index (χ0) is 7.98. The summed E-state index contributed by atoms with van der Waals surface area (Å²) in [6.07, 6.45) is 2.08. The van der Waals surface area contributed by atoms with Crippen LogP contribution in [0.15, 0.2) is 0 Å². The lowest BCUT2D eigenvalue weighted by molar-refractivity contribution is 0.311. The number of nitrogens with two attached hydrogens (primary N) is 1. The highest BCUT2D eigenvalue weighted by molar-refractivity contribution is 8.00. The topological polar surface area (TPSA) is 35.2 Å². The third-order valence-corrected chi connectivity index (χ3v) is 3.75. The van der Waals surface area contributed by atoms with Crippen molar-refractivity contribution in [1.29, 1.82) is 0 Å². The largest absolute Gasteiger partial charge is 0.416 e. The smallest absolute Gasteiger partial charge is 0.147 e. The lowest BCUT2D eigenvalue weighted by Crippen LogP contribution is -2.19. The Morgan fingerprint density at radius 2 is 2.10 bits per heavy atom. The molecule has 0 heterocycles. The fraction of sp³-hybridized carbons (Fsp3) is 1.00. The second kappa shape index (κ2) is 6.21. The van der Waals surface area contributed by atoms with E-state index in [2.05, 4.69) is 13.8 Å². The molecule has 0 radical (unpaired) electrons. The molecule has 0 aliphatic heterocycles. The molecule has 0 aliphatic carbocycles. The molecule has 0 fully saturated rings. The normalized spacial score (nSPS) is 17.1. The van der Waals surface area contributed by atoms with Crippen LogP contribution in [0.3, 0.4) is 0 Å². The molecule has 0 aromatic rings. The van der Waals surface area contributed by atoms with Crippen LogP contribution in [0.5, 0.6) is 0 Å². The molecule has 0 aromatic heterocycles. The van der Waals surface area contributed by atoms with Crippen molar-refractivity contribution in [3.8, 4) is 0 Å². The Balaban J connectivity index is 3.41. The minimum Gasteiger partial charge on any atom is -0.416 e. The molecule has 62 valence electrons. The van der Waals surface area contributed by atoms with Gasteiger partial charge in [-0.2, -0.15) is 0 Å². The van der Waals surface area contributed by atoms with E-state index in [4.69, 9.17) is 10.2 Å². The van der Waals surface area contributed by atoms with Crippen LogP contribution >= 0.6 is 11.8 Å². The van der Waals surface area contributed by atoms with Crippen molar-refractivity contribution in [3.05, 3.63) is 0 Å². The zero-order valence-electron chi connectivity index (χ0n) is 6.96. The number of hydrogen-bond acceptors (Lipinski definition) is 3. The maximum atomic E-state index is 5.72. The fourth-order valence-corrected chi connectivity index (χ4v) is 2.16. The van der Waals surface area contributed by atoms with E-state index < -0.39 is 0 Å². The molecule has 2 atom stereocenters. The van der Waals surface area contributed by atoms with E-state index >= 15 is 0 Å². The van der Waals surface area contributed by atoms with E-state index in [1.54, 1.807) is 11.8 Å². The number of hydrogen-bond donors (Lipinski definition) is 1. The average molecular weight is 179 g/mol. The molecule has 0 spiro atoms. The van der Waals surface area contributed by atoms with Gasteiger partial charge in [0.2, 0.25) is 0 Å². The van der Waals surface area contributed by atoms with Crippen molar-refractivity contribution < 1.29 is 4.43 Å². The van der Waals surface area contributed by atoms with E-state index in [1.165, 1.54) is 0 Å². The van der Waals surface area contributed by atoms with Crippen LogP contribution in [-0.2, 0) is 4.43 Å². The number of rotatable bonds is 5. The summed E-state index contributed by atoms with van der Waals surface area (Å²) in [5.41, 5.74) is 6.06. The molecule has 0 saturated carbocycles. The van der Waals surface area contributed by atoms with Crippen LogP contribution < -0.4 is 5.73 Å². The summed E-state index contributed by atoms with van der Waals surface area (Å²) in [4.78, 5) is 0. The van der Waals surface area contributed by atoms with Gasteiger partial charge in [-0.05, 0) is 12.8 Å². The highest BCUT2D eigenvalue weighted by Crippen LogP contribution is 2.19. The predicted molar refractivity (Wildman–Crippen MR) is 51.0 cm³/mol. The highest BCUT2D eigenvalue weighted by atomic mass is 32.2. The van der Waals surface area contributed by atoms with Gasteiger partial charge in [-0.25, -0.2) is 0 Å². The van der Waals surface area contributed by atoms with Crippen molar-refractivity contribution in [2.75, 3.05) is 0 Å². The van der Waals surface area contributed by atoms with Gasteiger partial charge in [0.05, 0.1) is 10.8 Å². The SMILES string of the molecule is CCC(N)SC(CC)O[SiH3]. The van der Waals surface area contributed by atoms with Crippen molar-refractivity contribution in [3.63, 3.8) is 0 Å². The third-order valence-electron chi connectivity index (χ3n) is 1.33. The Labute approximate surface area is 70.4 Å². The minimum absolute atomic E-state index is 0.249. The van der Waals surface area contributed by atoms with Crippen LogP contribution in [0, 0.1) is 0 Å². The first kappa shape index (κ1) is 10.5. The summed E-state index contributed by atoms with van der Waals surface area (Å²) in [6.45, 7) is 4.22. The van der Waals surface area contributed by atoms with Crippen LogP contribution in [0.2, 0.25) is 0 Å². The lowest BCUT2D eigenvalue weighted by Gasteiger charge is -2.16. The molecule has 4 heteroatoms. The molecule has 2 N–H and O–H groups in total. The maximum absolute atomic E-state index is 5.72. The number of thioether (sulfide) groups is 1. The molecule has 2 unspecified atom stereocenters. The lowest BCUT2D eigenvalue weighted by atomic mass is 10.5. The van der Waals surface area contributed by atoms with E-state index in [9.17, 15) is 0 Å². The van der Waals surface area contributed by atoms with Gasteiger partial charge in [0.25, 0.3) is 0 Å². The minimum atomic E-state index is 0.249. The van der Waals surface area contributed by atoms with Gasteiger partial charge in [-0.15, -0.1) is 11.8 Å². The van der Waals surface area contributed by atoms with E-state index in [1.807, 2.05) is 0 Å². The third kappa shape index (κ3) is 4.33.